The minimum Gasteiger partial charge on any atom is -0.385 e. The molecule has 0 radical (unpaired) electrons. The molecule has 0 fully saturated rings. The van der Waals surface area contributed by atoms with E-state index in [1.54, 1.807) is 7.11 Å². The number of hydrogen-bond acceptors (Lipinski definition) is 2. The predicted octanol–water partition coefficient (Wildman–Crippen LogP) is 1.79. The SMILES string of the molecule is CCc1cn(CCCOC)nc1C. The Morgan fingerprint density at radius 2 is 2.31 bits per heavy atom. The molecule has 0 saturated carbocycles. The number of aryl methyl sites for hydroxylation is 3. The van der Waals surface area contributed by atoms with Gasteiger partial charge in [-0.3, -0.25) is 4.68 Å². The highest BCUT2D eigenvalue weighted by atomic mass is 16.5. The second kappa shape index (κ2) is 5.02. The lowest BCUT2D eigenvalue weighted by Crippen LogP contribution is -2.01. The van der Waals surface area contributed by atoms with Crippen molar-refractivity contribution in [2.24, 2.45) is 0 Å². The Morgan fingerprint density at radius 1 is 1.54 bits per heavy atom. The Hall–Kier alpha value is -0.830. The van der Waals surface area contributed by atoms with Crippen molar-refractivity contribution in [3.8, 4) is 0 Å². The van der Waals surface area contributed by atoms with Crippen LogP contribution in [0.1, 0.15) is 24.6 Å². The van der Waals surface area contributed by atoms with Gasteiger partial charge in [-0.1, -0.05) is 6.92 Å². The molecule has 3 heteroatoms. The van der Waals surface area contributed by atoms with Crippen molar-refractivity contribution in [3.05, 3.63) is 17.5 Å². The lowest BCUT2D eigenvalue weighted by atomic mass is 10.2. The Balaban J connectivity index is 2.48. The summed E-state index contributed by atoms with van der Waals surface area (Å²) in [7, 11) is 1.73. The fourth-order valence-corrected chi connectivity index (χ4v) is 1.39. The Labute approximate surface area is 79.7 Å². The predicted molar refractivity (Wildman–Crippen MR) is 52.8 cm³/mol. The standard InChI is InChI=1S/C10H18N2O/c1-4-10-8-12(11-9(10)2)6-5-7-13-3/h8H,4-7H2,1-3H3. The molecule has 0 aliphatic heterocycles. The highest BCUT2D eigenvalue weighted by molar-refractivity contribution is 5.14. The zero-order valence-corrected chi connectivity index (χ0v) is 8.71. The summed E-state index contributed by atoms with van der Waals surface area (Å²) in [5, 5.41) is 4.41. The number of aromatic nitrogens is 2. The van der Waals surface area contributed by atoms with Crippen LogP contribution in [0.2, 0.25) is 0 Å². The summed E-state index contributed by atoms with van der Waals surface area (Å²) in [6, 6.07) is 0. The molecular weight excluding hydrogens is 164 g/mol. The van der Waals surface area contributed by atoms with Crippen LogP contribution in [0.25, 0.3) is 0 Å². The average molecular weight is 182 g/mol. The maximum absolute atomic E-state index is 4.99. The summed E-state index contributed by atoms with van der Waals surface area (Å²) in [5.41, 5.74) is 2.50. The molecule has 1 heterocycles. The number of hydrogen-bond donors (Lipinski definition) is 0. The molecular formula is C10H18N2O. The topological polar surface area (TPSA) is 27.1 Å². The van der Waals surface area contributed by atoms with E-state index in [1.165, 1.54) is 5.56 Å². The van der Waals surface area contributed by atoms with Gasteiger partial charge in [0.2, 0.25) is 0 Å². The summed E-state index contributed by atoms with van der Waals surface area (Å²) in [6.07, 6.45) is 4.22. The van der Waals surface area contributed by atoms with Gasteiger partial charge in [0.25, 0.3) is 0 Å². The second-order valence-corrected chi connectivity index (χ2v) is 3.20. The van der Waals surface area contributed by atoms with E-state index in [0.717, 1.165) is 31.7 Å². The summed E-state index contributed by atoms with van der Waals surface area (Å²) in [4.78, 5) is 0. The first-order valence-electron chi connectivity index (χ1n) is 4.79. The number of ether oxygens (including phenoxy) is 1. The van der Waals surface area contributed by atoms with E-state index >= 15 is 0 Å². The van der Waals surface area contributed by atoms with Crippen LogP contribution in [-0.4, -0.2) is 23.5 Å². The van der Waals surface area contributed by atoms with Crippen molar-refractivity contribution in [2.45, 2.75) is 33.2 Å². The normalized spacial score (nSPS) is 10.7. The summed E-state index contributed by atoms with van der Waals surface area (Å²) in [6.45, 7) is 5.98. The fourth-order valence-electron chi connectivity index (χ4n) is 1.39. The molecule has 0 bridgehead atoms. The van der Waals surface area contributed by atoms with Gasteiger partial charge in [-0.2, -0.15) is 5.10 Å². The van der Waals surface area contributed by atoms with Gasteiger partial charge >= 0.3 is 0 Å². The van der Waals surface area contributed by atoms with Crippen molar-refractivity contribution in [3.63, 3.8) is 0 Å². The molecule has 74 valence electrons. The van der Waals surface area contributed by atoms with Crippen LogP contribution in [0.5, 0.6) is 0 Å². The van der Waals surface area contributed by atoms with Gasteiger partial charge in [-0.15, -0.1) is 0 Å². The first kappa shape index (κ1) is 10.3. The number of methoxy groups -OCH3 is 1. The fraction of sp³-hybridized carbons (Fsp3) is 0.700. The molecule has 0 unspecified atom stereocenters. The lowest BCUT2D eigenvalue weighted by molar-refractivity contribution is 0.189. The average Bonchev–Trinajstić information content (AvgIpc) is 2.47. The van der Waals surface area contributed by atoms with Crippen LogP contribution in [0.3, 0.4) is 0 Å². The molecule has 0 aliphatic carbocycles. The van der Waals surface area contributed by atoms with Gasteiger partial charge in [-0.25, -0.2) is 0 Å². The van der Waals surface area contributed by atoms with Gasteiger partial charge in [0.05, 0.1) is 5.69 Å². The smallest absolute Gasteiger partial charge is 0.0625 e. The number of rotatable bonds is 5. The minimum atomic E-state index is 0.806. The van der Waals surface area contributed by atoms with E-state index in [-0.39, 0.29) is 0 Å². The molecule has 0 spiro atoms. The van der Waals surface area contributed by atoms with E-state index < -0.39 is 0 Å². The third kappa shape index (κ3) is 2.84. The van der Waals surface area contributed by atoms with Crippen molar-refractivity contribution >= 4 is 0 Å². The second-order valence-electron chi connectivity index (χ2n) is 3.20. The molecule has 0 amide bonds. The third-order valence-corrected chi connectivity index (χ3v) is 2.16. The van der Waals surface area contributed by atoms with Crippen LogP contribution in [0, 0.1) is 6.92 Å². The zero-order valence-electron chi connectivity index (χ0n) is 8.71. The Bertz CT molecular complexity index is 255. The molecule has 1 rings (SSSR count). The van der Waals surface area contributed by atoms with E-state index in [4.69, 9.17) is 4.74 Å². The van der Waals surface area contributed by atoms with E-state index in [2.05, 4.69) is 25.1 Å². The molecule has 0 N–H and O–H groups in total. The van der Waals surface area contributed by atoms with Crippen molar-refractivity contribution in [2.75, 3.05) is 13.7 Å². The highest BCUT2D eigenvalue weighted by Crippen LogP contribution is 2.06. The molecule has 0 aromatic carbocycles. The monoisotopic (exact) mass is 182 g/mol. The maximum atomic E-state index is 4.99. The molecule has 0 atom stereocenters. The van der Waals surface area contributed by atoms with Crippen LogP contribution < -0.4 is 0 Å². The molecule has 1 aromatic rings. The van der Waals surface area contributed by atoms with Gasteiger partial charge in [0.15, 0.2) is 0 Å². The maximum Gasteiger partial charge on any atom is 0.0625 e. The van der Waals surface area contributed by atoms with Crippen molar-refractivity contribution in [1.82, 2.24) is 9.78 Å². The van der Waals surface area contributed by atoms with Crippen LogP contribution in [0.15, 0.2) is 6.20 Å². The molecule has 0 aliphatic rings. The highest BCUT2D eigenvalue weighted by Gasteiger charge is 2.01. The van der Waals surface area contributed by atoms with Crippen molar-refractivity contribution in [1.29, 1.82) is 0 Å². The van der Waals surface area contributed by atoms with Crippen LogP contribution in [-0.2, 0) is 17.7 Å². The Kier molecular flexibility index (Phi) is 3.96. The summed E-state index contributed by atoms with van der Waals surface area (Å²) < 4.78 is 6.99. The largest absolute Gasteiger partial charge is 0.385 e. The Morgan fingerprint density at radius 3 is 2.85 bits per heavy atom. The molecule has 0 saturated heterocycles. The third-order valence-electron chi connectivity index (χ3n) is 2.16. The first-order chi connectivity index (χ1) is 6.27. The summed E-state index contributed by atoms with van der Waals surface area (Å²) >= 11 is 0. The quantitative estimate of drug-likeness (QED) is 0.649. The molecule has 1 aromatic heterocycles. The van der Waals surface area contributed by atoms with Crippen LogP contribution in [0.4, 0.5) is 0 Å². The van der Waals surface area contributed by atoms with Gasteiger partial charge in [0.1, 0.15) is 0 Å². The van der Waals surface area contributed by atoms with Crippen molar-refractivity contribution < 1.29 is 4.74 Å². The molecule has 3 nitrogen and oxygen atoms in total. The van der Waals surface area contributed by atoms with E-state index in [9.17, 15) is 0 Å². The summed E-state index contributed by atoms with van der Waals surface area (Å²) in [5.74, 6) is 0. The van der Waals surface area contributed by atoms with Crippen LogP contribution >= 0.6 is 0 Å². The molecule has 13 heavy (non-hydrogen) atoms. The van der Waals surface area contributed by atoms with Gasteiger partial charge in [-0.05, 0) is 25.3 Å². The van der Waals surface area contributed by atoms with Gasteiger partial charge in [0, 0.05) is 26.5 Å². The minimum absolute atomic E-state index is 0.806. The number of nitrogens with zero attached hydrogens (tertiary/aromatic N) is 2. The van der Waals surface area contributed by atoms with E-state index in [0.29, 0.717) is 0 Å². The van der Waals surface area contributed by atoms with Gasteiger partial charge < -0.3 is 4.74 Å². The zero-order chi connectivity index (χ0) is 9.68. The first-order valence-corrected chi connectivity index (χ1v) is 4.79. The van der Waals surface area contributed by atoms with E-state index in [1.807, 2.05) is 4.68 Å². The lowest BCUT2D eigenvalue weighted by Gasteiger charge is -1.99.